The van der Waals surface area contributed by atoms with Gasteiger partial charge >= 0.3 is 0 Å². The van der Waals surface area contributed by atoms with Crippen LogP contribution < -0.4 is 4.74 Å². The van der Waals surface area contributed by atoms with Crippen molar-refractivity contribution in [3.05, 3.63) is 77.2 Å². The molecule has 4 rings (SSSR count). The van der Waals surface area contributed by atoms with Crippen LogP contribution in [0, 0.1) is 6.92 Å². The van der Waals surface area contributed by atoms with E-state index in [0.717, 1.165) is 56.5 Å². The number of rotatable bonds is 9. The van der Waals surface area contributed by atoms with Gasteiger partial charge in [-0.05, 0) is 55.7 Å². The van der Waals surface area contributed by atoms with Gasteiger partial charge in [0.1, 0.15) is 5.82 Å². The Labute approximate surface area is 203 Å². The highest BCUT2D eigenvalue weighted by Gasteiger charge is 2.20. The molecule has 0 atom stereocenters. The zero-order valence-corrected chi connectivity index (χ0v) is 20.4. The van der Waals surface area contributed by atoms with Gasteiger partial charge in [0.25, 0.3) is 5.91 Å². The third kappa shape index (κ3) is 6.22. The Morgan fingerprint density at radius 1 is 0.941 bits per heavy atom. The van der Waals surface area contributed by atoms with Crippen molar-refractivity contribution >= 4 is 5.91 Å². The standard InChI is InChI=1S/C29H35N3O2/c1-3-4-13-27-26(20-23-14-16-25(17-15-23)24-11-7-5-8-12-24)29(31-22(2)30-27)34-21-28(33)32-18-9-6-10-19-32/h5,7-8,11-12,14-17H,3-4,6,9-10,13,18-21H2,1-2H3. The van der Waals surface area contributed by atoms with Crippen molar-refractivity contribution < 1.29 is 9.53 Å². The van der Waals surface area contributed by atoms with Gasteiger partial charge in [-0.2, -0.15) is 4.98 Å². The quantitative estimate of drug-likeness (QED) is 0.409. The highest BCUT2D eigenvalue weighted by atomic mass is 16.5. The third-order valence-corrected chi connectivity index (χ3v) is 6.42. The minimum Gasteiger partial charge on any atom is -0.467 e. The van der Waals surface area contributed by atoms with Gasteiger partial charge in [0.15, 0.2) is 6.61 Å². The van der Waals surface area contributed by atoms with Crippen LogP contribution in [0.15, 0.2) is 54.6 Å². The average Bonchev–Trinajstić information content (AvgIpc) is 2.88. The SMILES string of the molecule is CCCCc1nc(C)nc(OCC(=O)N2CCCCC2)c1Cc1ccc(-c2ccccc2)cc1. The number of piperidine rings is 1. The molecule has 1 aromatic heterocycles. The lowest BCUT2D eigenvalue weighted by Crippen LogP contribution is -2.38. The summed E-state index contributed by atoms with van der Waals surface area (Å²) in [6.07, 6.45) is 7.06. The number of aromatic nitrogens is 2. The van der Waals surface area contributed by atoms with E-state index >= 15 is 0 Å². The molecule has 0 unspecified atom stereocenters. The molecule has 1 saturated heterocycles. The zero-order chi connectivity index (χ0) is 23.8. The maximum absolute atomic E-state index is 12.7. The van der Waals surface area contributed by atoms with Gasteiger partial charge in [0.2, 0.25) is 5.88 Å². The van der Waals surface area contributed by atoms with Crippen molar-refractivity contribution in [2.75, 3.05) is 19.7 Å². The van der Waals surface area contributed by atoms with Crippen molar-refractivity contribution in [2.24, 2.45) is 0 Å². The molecule has 0 radical (unpaired) electrons. The molecule has 0 aliphatic carbocycles. The first-order valence-electron chi connectivity index (χ1n) is 12.6. The Hall–Kier alpha value is -3.21. The summed E-state index contributed by atoms with van der Waals surface area (Å²) in [6.45, 7) is 5.77. The second-order valence-corrected chi connectivity index (χ2v) is 9.07. The third-order valence-electron chi connectivity index (χ3n) is 6.42. The number of hydrogen-bond acceptors (Lipinski definition) is 4. The summed E-state index contributed by atoms with van der Waals surface area (Å²) >= 11 is 0. The molecule has 0 spiro atoms. The van der Waals surface area contributed by atoms with Gasteiger partial charge in [0.05, 0.1) is 5.69 Å². The Bertz CT molecular complexity index is 1070. The summed E-state index contributed by atoms with van der Waals surface area (Å²) in [6, 6.07) is 19.0. The monoisotopic (exact) mass is 457 g/mol. The van der Waals surface area contributed by atoms with Crippen LogP contribution in [0.1, 0.15) is 61.7 Å². The number of carbonyl (C=O) groups excluding carboxylic acids is 1. The highest BCUT2D eigenvalue weighted by molar-refractivity contribution is 5.77. The zero-order valence-electron chi connectivity index (χ0n) is 20.4. The van der Waals surface area contributed by atoms with Crippen LogP contribution in [-0.2, 0) is 17.6 Å². The molecule has 1 fully saturated rings. The van der Waals surface area contributed by atoms with E-state index in [9.17, 15) is 4.79 Å². The number of carbonyl (C=O) groups is 1. The lowest BCUT2D eigenvalue weighted by molar-refractivity contribution is -0.134. The van der Waals surface area contributed by atoms with Crippen LogP contribution in [0.5, 0.6) is 5.88 Å². The highest BCUT2D eigenvalue weighted by Crippen LogP contribution is 2.26. The molecule has 34 heavy (non-hydrogen) atoms. The first-order valence-corrected chi connectivity index (χ1v) is 12.6. The molecule has 0 N–H and O–H groups in total. The number of likely N-dealkylation sites (tertiary alicyclic amines) is 1. The number of amides is 1. The molecule has 5 nitrogen and oxygen atoms in total. The number of nitrogens with zero attached hydrogens (tertiary/aromatic N) is 3. The second kappa shape index (κ2) is 11.8. The van der Waals surface area contributed by atoms with Gasteiger partial charge in [-0.15, -0.1) is 0 Å². The van der Waals surface area contributed by atoms with E-state index in [4.69, 9.17) is 9.72 Å². The Morgan fingerprint density at radius 2 is 1.65 bits per heavy atom. The summed E-state index contributed by atoms with van der Waals surface area (Å²) in [4.78, 5) is 24.0. The number of unbranched alkanes of at least 4 members (excludes halogenated alkanes) is 1. The fraction of sp³-hybridized carbons (Fsp3) is 0.414. The van der Waals surface area contributed by atoms with Crippen molar-refractivity contribution in [1.29, 1.82) is 0 Å². The van der Waals surface area contributed by atoms with Crippen LogP contribution in [0.3, 0.4) is 0 Å². The van der Waals surface area contributed by atoms with Crippen LogP contribution in [0.2, 0.25) is 0 Å². The van der Waals surface area contributed by atoms with Crippen molar-refractivity contribution in [2.45, 2.75) is 58.8 Å². The minimum absolute atomic E-state index is 0.0314. The molecule has 1 aliphatic rings. The summed E-state index contributed by atoms with van der Waals surface area (Å²) in [5, 5.41) is 0. The number of benzene rings is 2. The van der Waals surface area contributed by atoms with Crippen molar-refractivity contribution in [3.8, 4) is 17.0 Å². The number of hydrogen-bond donors (Lipinski definition) is 0. The second-order valence-electron chi connectivity index (χ2n) is 9.07. The van der Waals surface area contributed by atoms with Crippen molar-refractivity contribution in [1.82, 2.24) is 14.9 Å². The molecular weight excluding hydrogens is 422 g/mol. The fourth-order valence-corrected chi connectivity index (χ4v) is 4.49. The molecule has 0 bridgehead atoms. The van der Waals surface area contributed by atoms with Crippen LogP contribution >= 0.6 is 0 Å². The Balaban J connectivity index is 1.55. The van der Waals surface area contributed by atoms with Crippen molar-refractivity contribution in [3.63, 3.8) is 0 Å². The lowest BCUT2D eigenvalue weighted by atomic mass is 9.98. The summed E-state index contributed by atoms with van der Waals surface area (Å²) in [7, 11) is 0. The molecule has 1 aliphatic heterocycles. The number of ether oxygens (including phenoxy) is 1. The number of aryl methyl sites for hydroxylation is 2. The smallest absolute Gasteiger partial charge is 0.260 e. The predicted molar refractivity (Wildman–Crippen MR) is 136 cm³/mol. The molecule has 0 saturated carbocycles. The Kier molecular flexibility index (Phi) is 8.29. The summed E-state index contributed by atoms with van der Waals surface area (Å²) < 4.78 is 6.08. The van der Waals surface area contributed by atoms with Crippen LogP contribution in [-0.4, -0.2) is 40.5 Å². The topological polar surface area (TPSA) is 55.3 Å². The minimum atomic E-state index is 0.0314. The molecule has 5 heteroatoms. The molecule has 3 aromatic rings. The van der Waals surface area contributed by atoms with E-state index < -0.39 is 0 Å². The van der Waals surface area contributed by atoms with Gasteiger partial charge in [0, 0.05) is 25.1 Å². The largest absolute Gasteiger partial charge is 0.467 e. The average molecular weight is 458 g/mol. The maximum Gasteiger partial charge on any atom is 0.260 e. The van der Waals surface area contributed by atoms with E-state index in [2.05, 4.69) is 60.4 Å². The van der Waals surface area contributed by atoms with Crippen LogP contribution in [0.25, 0.3) is 11.1 Å². The normalized spacial score (nSPS) is 13.6. The fourth-order valence-electron chi connectivity index (χ4n) is 4.49. The summed E-state index contributed by atoms with van der Waals surface area (Å²) in [5.41, 5.74) is 5.60. The first kappa shape index (κ1) is 23.9. The van der Waals surface area contributed by atoms with Gasteiger partial charge in [-0.1, -0.05) is 67.9 Å². The van der Waals surface area contributed by atoms with Gasteiger partial charge < -0.3 is 9.64 Å². The van der Waals surface area contributed by atoms with E-state index in [-0.39, 0.29) is 12.5 Å². The van der Waals surface area contributed by atoms with E-state index in [1.54, 1.807) is 0 Å². The molecule has 178 valence electrons. The predicted octanol–water partition coefficient (Wildman–Crippen LogP) is 5.78. The van der Waals surface area contributed by atoms with Gasteiger partial charge in [-0.3, -0.25) is 4.79 Å². The van der Waals surface area contributed by atoms with E-state index in [1.165, 1.54) is 23.1 Å². The first-order chi connectivity index (χ1) is 16.6. The van der Waals surface area contributed by atoms with Crippen LogP contribution in [0.4, 0.5) is 0 Å². The molecule has 2 aromatic carbocycles. The van der Waals surface area contributed by atoms with E-state index in [1.807, 2.05) is 17.9 Å². The summed E-state index contributed by atoms with van der Waals surface area (Å²) in [5.74, 6) is 1.29. The Morgan fingerprint density at radius 3 is 2.35 bits per heavy atom. The molecule has 1 amide bonds. The lowest BCUT2D eigenvalue weighted by Gasteiger charge is -2.26. The molecular formula is C29H35N3O2. The molecule has 2 heterocycles. The maximum atomic E-state index is 12.7. The van der Waals surface area contributed by atoms with E-state index in [0.29, 0.717) is 18.1 Å². The van der Waals surface area contributed by atoms with Gasteiger partial charge in [-0.25, -0.2) is 4.98 Å².